The van der Waals surface area contributed by atoms with Gasteiger partial charge in [-0.3, -0.25) is 0 Å². The lowest BCUT2D eigenvalue weighted by Crippen LogP contribution is -1.94. The lowest BCUT2D eigenvalue weighted by molar-refractivity contribution is -0.134. The zero-order valence-electron chi connectivity index (χ0n) is 8.56. The standard InChI is InChI=1S/C12H10O4/c13-12-9(3-4-14-12)5-8-1-2-10-11(6-8)16-7-15-10/h1-2,5-6H,3-4,7H2/b9-5-. The lowest BCUT2D eigenvalue weighted by atomic mass is 10.1. The molecule has 16 heavy (non-hydrogen) atoms. The topological polar surface area (TPSA) is 44.8 Å². The minimum absolute atomic E-state index is 0.224. The summed E-state index contributed by atoms with van der Waals surface area (Å²) in [4.78, 5) is 11.3. The Kier molecular flexibility index (Phi) is 2.06. The van der Waals surface area contributed by atoms with E-state index < -0.39 is 0 Å². The summed E-state index contributed by atoms with van der Waals surface area (Å²) >= 11 is 0. The number of carbonyl (C=O) groups excluding carboxylic acids is 1. The summed E-state index contributed by atoms with van der Waals surface area (Å²) in [5.74, 6) is 1.24. The molecule has 4 heteroatoms. The van der Waals surface area contributed by atoms with Gasteiger partial charge in [-0.05, 0) is 23.8 Å². The summed E-state index contributed by atoms with van der Waals surface area (Å²) in [6.45, 7) is 0.743. The highest BCUT2D eigenvalue weighted by molar-refractivity contribution is 5.95. The first-order valence-electron chi connectivity index (χ1n) is 5.10. The molecule has 1 aromatic carbocycles. The van der Waals surface area contributed by atoms with E-state index >= 15 is 0 Å². The monoisotopic (exact) mass is 218 g/mol. The van der Waals surface area contributed by atoms with Crippen molar-refractivity contribution in [3.8, 4) is 11.5 Å². The minimum Gasteiger partial charge on any atom is -0.462 e. The van der Waals surface area contributed by atoms with Crippen molar-refractivity contribution in [3.05, 3.63) is 29.3 Å². The average molecular weight is 218 g/mol. The molecule has 82 valence electrons. The number of cyclic esters (lactones) is 1. The van der Waals surface area contributed by atoms with E-state index in [0.29, 0.717) is 18.6 Å². The Hall–Kier alpha value is -1.97. The largest absolute Gasteiger partial charge is 0.462 e. The van der Waals surface area contributed by atoms with Crippen molar-refractivity contribution < 1.29 is 19.0 Å². The first kappa shape index (κ1) is 9.27. The molecule has 0 radical (unpaired) electrons. The summed E-state index contributed by atoms with van der Waals surface area (Å²) in [5.41, 5.74) is 1.64. The zero-order chi connectivity index (χ0) is 11.0. The number of fused-ring (bicyclic) bond motifs is 1. The van der Waals surface area contributed by atoms with Crippen molar-refractivity contribution in [2.75, 3.05) is 13.4 Å². The molecular weight excluding hydrogens is 208 g/mol. The van der Waals surface area contributed by atoms with Crippen LogP contribution in [0.15, 0.2) is 23.8 Å². The van der Waals surface area contributed by atoms with Gasteiger partial charge in [0.1, 0.15) is 0 Å². The lowest BCUT2D eigenvalue weighted by Gasteiger charge is -1.98. The molecule has 2 heterocycles. The molecule has 1 fully saturated rings. The number of hydrogen-bond donors (Lipinski definition) is 0. The maximum Gasteiger partial charge on any atom is 0.334 e. The second kappa shape index (κ2) is 3.56. The summed E-state index contributed by atoms with van der Waals surface area (Å²) < 4.78 is 15.3. The van der Waals surface area contributed by atoms with Crippen LogP contribution < -0.4 is 9.47 Å². The molecule has 0 atom stereocenters. The maximum absolute atomic E-state index is 11.3. The number of benzene rings is 1. The van der Waals surface area contributed by atoms with Gasteiger partial charge in [-0.2, -0.15) is 0 Å². The van der Waals surface area contributed by atoms with Crippen LogP contribution >= 0.6 is 0 Å². The number of esters is 1. The van der Waals surface area contributed by atoms with Gasteiger partial charge in [-0.1, -0.05) is 6.07 Å². The van der Waals surface area contributed by atoms with Crippen molar-refractivity contribution >= 4 is 12.0 Å². The predicted octanol–water partition coefficient (Wildman–Crippen LogP) is 1.75. The number of ether oxygens (including phenoxy) is 3. The van der Waals surface area contributed by atoms with Crippen LogP contribution in [0.25, 0.3) is 6.08 Å². The van der Waals surface area contributed by atoms with Crippen molar-refractivity contribution in [2.24, 2.45) is 0 Å². The third-order valence-corrected chi connectivity index (χ3v) is 2.60. The smallest absolute Gasteiger partial charge is 0.334 e. The van der Waals surface area contributed by atoms with Crippen LogP contribution in [0, 0.1) is 0 Å². The Bertz CT molecular complexity index is 476. The van der Waals surface area contributed by atoms with Gasteiger partial charge in [0.2, 0.25) is 6.79 Å². The molecule has 1 saturated heterocycles. The number of rotatable bonds is 1. The van der Waals surface area contributed by atoms with Gasteiger partial charge in [-0.15, -0.1) is 0 Å². The Morgan fingerprint density at radius 1 is 1.12 bits per heavy atom. The Labute approximate surface area is 92.4 Å². The van der Waals surface area contributed by atoms with E-state index in [4.69, 9.17) is 14.2 Å². The highest BCUT2D eigenvalue weighted by Crippen LogP contribution is 2.33. The SMILES string of the molecule is O=C1OCC/C1=C/c1ccc2c(c1)OCO2. The number of carbonyl (C=O) groups is 1. The highest BCUT2D eigenvalue weighted by atomic mass is 16.7. The van der Waals surface area contributed by atoms with Crippen LogP contribution in [0.4, 0.5) is 0 Å². The van der Waals surface area contributed by atoms with E-state index in [0.717, 1.165) is 17.1 Å². The van der Waals surface area contributed by atoms with Crippen molar-refractivity contribution in [1.82, 2.24) is 0 Å². The van der Waals surface area contributed by atoms with Gasteiger partial charge in [0.15, 0.2) is 11.5 Å². The third kappa shape index (κ3) is 1.52. The average Bonchev–Trinajstić information content (AvgIpc) is 2.88. The van der Waals surface area contributed by atoms with E-state index in [1.807, 2.05) is 24.3 Å². The molecule has 2 aliphatic rings. The quantitative estimate of drug-likeness (QED) is 0.532. The molecule has 0 spiro atoms. The fourth-order valence-corrected chi connectivity index (χ4v) is 1.78. The molecule has 1 aromatic rings. The summed E-state index contributed by atoms with van der Waals surface area (Å²) in [5, 5.41) is 0. The van der Waals surface area contributed by atoms with Crippen LogP contribution in [0.3, 0.4) is 0 Å². The van der Waals surface area contributed by atoms with Crippen LogP contribution in [0.1, 0.15) is 12.0 Å². The molecule has 0 N–H and O–H groups in total. The van der Waals surface area contributed by atoms with Gasteiger partial charge in [0, 0.05) is 12.0 Å². The van der Waals surface area contributed by atoms with Gasteiger partial charge in [0.05, 0.1) is 6.61 Å². The Morgan fingerprint density at radius 2 is 2.00 bits per heavy atom. The molecule has 0 saturated carbocycles. The van der Waals surface area contributed by atoms with Crippen molar-refractivity contribution in [1.29, 1.82) is 0 Å². The molecule has 4 nitrogen and oxygen atoms in total. The van der Waals surface area contributed by atoms with Crippen molar-refractivity contribution in [2.45, 2.75) is 6.42 Å². The summed E-state index contributed by atoms with van der Waals surface area (Å²) in [6.07, 6.45) is 2.50. The van der Waals surface area contributed by atoms with Crippen molar-refractivity contribution in [3.63, 3.8) is 0 Å². The molecule has 0 bridgehead atoms. The zero-order valence-corrected chi connectivity index (χ0v) is 8.56. The molecule has 0 unspecified atom stereocenters. The number of hydrogen-bond acceptors (Lipinski definition) is 4. The maximum atomic E-state index is 11.3. The van der Waals surface area contributed by atoms with Crippen LogP contribution in [-0.2, 0) is 9.53 Å². The Balaban J connectivity index is 1.93. The van der Waals surface area contributed by atoms with E-state index in [2.05, 4.69) is 0 Å². The Morgan fingerprint density at radius 3 is 2.81 bits per heavy atom. The third-order valence-electron chi connectivity index (χ3n) is 2.60. The second-order valence-electron chi connectivity index (χ2n) is 3.67. The van der Waals surface area contributed by atoms with Gasteiger partial charge >= 0.3 is 5.97 Å². The van der Waals surface area contributed by atoms with E-state index in [-0.39, 0.29) is 12.8 Å². The highest BCUT2D eigenvalue weighted by Gasteiger charge is 2.19. The first-order chi connectivity index (χ1) is 7.83. The first-order valence-corrected chi connectivity index (χ1v) is 5.10. The molecule has 3 rings (SSSR count). The van der Waals surface area contributed by atoms with Gasteiger partial charge in [0.25, 0.3) is 0 Å². The normalized spacial score (nSPS) is 20.2. The van der Waals surface area contributed by atoms with E-state index in [1.165, 1.54) is 0 Å². The predicted molar refractivity (Wildman–Crippen MR) is 56.1 cm³/mol. The molecule has 0 amide bonds. The fraction of sp³-hybridized carbons (Fsp3) is 0.250. The van der Waals surface area contributed by atoms with Crippen LogP contribution in [-0.4, -0.2) is 19.4 Å². The summed E-state index contributed by atoms with van der Waals surface area (Å²) in [6, 6.07) is 5.60. The van der Waals surface area contributed by atoms with E-state index in [9.17, 15) is 4.79 Å². The van der Waals surface area contributed by atoms with E-state index in [1.54, 1.807) is 0 Å². The second-order valence-corrected chi connectivity index (χ2v) is 3.67. The van der Waals surface area contributed by atoms with Crippen LogP contribution in [0.5, 0.6) is 11.5 Å². The molecule has 0 aromatic heterocycles. The summed E-state index contributed by atoms with van der Waals surface area (Å²) in [7, 11) is 0. The van der Waals surface area contributed by atoms with Crippen LogP contribution in [0.2, 0.25) is 0 Å². The molecule has 0 aliphatic carbocycles. The molecular formula is C12H10O4. The van der Waals surface area contributed by atoms with Gasteiger partial charge in [-0.25, -0.2) is 4.79 Å². The van der Waals surface area contributed by atoms with Gasteiger partial charge < -0.3 is 14.2 Å². The molecule has 2 aliphatic heterocycles. The minimum atomic E-state index is -0.224. The fourth-order valence-electron chi connectivity index (χ4n) is 1.78.